The fourth-order valence-electron chi connectivity index (χ4n) is 0.999. The van der Waals surface area contributed by atoms with Gasteiger partial charge in [-0.3, -0.25) is 4.79 Å². The third kappa shape index (κ3) is 2.34. The standard InChI is InChI=1S/C10H11NO3/c11-9-2-1-8(10(14)4-9)3-7(5-12)6-13/h1-5,13-14H,6,11H2/b7-3-. The van der Waals surface area contributed by atoms with Crippen molar-refractivity contribution in [1.29, 1.82) is 0 Å². The topological polar surface area (TPSA) is 83.6 Å². The number of carbonyl (C=O) groups is 1. The first-order valence-electron chi connectivity index (χ1n) is 4.02. The van der Waals surface area contributed by atoms with E-state index in [1.165, 1.54) is 12.1 Å². The molecule has 0 aliphatic carbocycles. The fraction of sp³-hybridized carbons (Fsp3) is 0.100. The lowest BCUT2D eigenvalue weighted by Gasteiger charge is -2.01. The van der Waals surface area contributed by atoms with Crippen molar-refractivity contribution in [1.82, 2.24) is 0 Å². The van der Waals surface area contributed by atoms with Crippen molar-refractivity contribution in [3.63, 3.8) is 0 Å². The van der Waals surface area contributed by atoms with Gasteiger partial charge >= 0.3 is 0 Å². The normalized spacial score (nSPS) is 11.4. The van der Waals surface area contributed by atoms with Crippen LogP contribution < -0.4 is 5.73 Å². The Labute approximate surface area is 81.3 Å². The molecule has 1 aromatic carbocycles. The van der Waals surface area contributed by atoms with Crippen LogP contribution in [0.15, 0.2) is 23.8 Å². The Kier molecular flexibility index (Phi) is 3.25. The van der Waals surface area contributed by atoms with E-state index in [1.807, 2.05) is 0 Å². The summed E-state index contributed by atoms with van der Waals surface area (Å²) in [6, 6.07) is 4.56. The Bertz CT molecular complexity index is 372. The molecule has 0 spiro atoms. The van der Waals surface area contributed by atoms with Crippen LogP contribution in [0.1, 0.15) is 5.56 Å². The van der Waals surface area contributed by atoms with E-state index >= 15 is 0 Å². The van der Waals surface area contributed by atoms with Gasteiger partial charge in [-0.05, 0) is 18.2 Å². The molecule has 0 aliphatic rings. The molecule has 0 atom stereocenters. The van der Waals surface area contributed by atoms with Crippen LogP contribution in [0.5, 0.6) is 5.75 Å². The number of anilines is 1. The predicted octanol–water partition coefficient (Wildman–Crippen LogP) is 0.549. The number of benzene rings is 1. The SMILES string of the molecule is Nc1ccc(/C=C(/C=O)CO)c(O)c1. The van der Waals surface area contributed by atoms with E-state index < -0.39 is 0 Å². The first-order chi connectivity index (χ1) is 6.67. The summed E-state index contributed by atoms with van der Waals surface area (Å²) in [7, 11) is 0. The summed E-state index contributed by atoms with van der Waals surface area (Å²) in [5, 5.41) is 18.1. The minimum atomic E-state index is -0.354. The lowest BCUT2D eigenvalue weighted by atomic mass is 10.1. The van der Waals surface area contributed by atoms with Gasteiger partial charge in [-0.1, -0.05) is 0 Å². The average Bonchev–Trinajstić information content (AvgIpc) is 2.17. The van der Waals surface area contributed by atoms with Crippen LogP contribution in [-0.2, 0) is 4.79 Å². The molecule has 0 aromatic heterocycles. The largest absolute Gasteiger partial charge is 0.507 e. The van der Waals surface area contributed by atoms with Crippen molar-refractivity contribution in [2.45, 2.75) is 0 Å². The van der Waals surface area contributed by atoms with Gasteiger partial charge in [0.1, 0.15) is 12.0 Å². The molecule has 0 bridgehead atoms. The Balaban J connectivity index is 3.08. The van der Waals surface area contributed by atoms with Gasteiger partial charge in [0.05, 0.1) is 6.61 Å². The smallest absolute Gasteiger partial charge is 0.148 e. The van der Waals surface area contributed by atoms with Crippen LogP contribution >= 0.6 is 0 Å². The van der Waals surface area contributed by atoms with Crippen LogP contribution in [-0.4, -0.2) is 23.1 Å². The second-order valence-electron chi connectivity index (χ2n) is 2.81. The molecule has 14 heavy (non-hydrogen) atoms. The highest BCUT2D eigenvalue weighted by molar-refractivity contribution is 5.83. The second-order valence-corrected chi connectivity index (χ2v) is 2.81. The van der Waals surface area contributed by atoms with E-state index in [-0.39, 0.29) is 17.9 Å². The summed E-state index contributed by atoms with van der Waals surface area (Å²) in [4.78, 5) is 10.4. The Morgan fingerprint density at radius 2 is 2.21 bits per heavy atom. The van der Waals surface area contributed by atoms with Crippen molar-refractivity contribution >= 4 is 18.0 Å². The number of phenolic OH excluding ortho intramolecular Hbond substituents is 1. The highest BCUT2D eigenvalue weighted by atomic mass is 16.3. The number of hydrogen-bond donors (Lipinski definition) is 3. The van der Waals surface area contributed by atoms with Crippen LogP contribution in [0.3, 0.4) is 0 Å². The molecule has 0 radical (unpaired) electrons. The number of hydrogen-bond acceptors (Lipinski definition) is 4. The molecular formula is C10H11NO3. The van der Waals surface area contributed by atoms with Crippen molar-refractivity contribution in [3.05, 3.63) is 29.3 Å². The highest BCUT2D eigenvalue weighted by Gasteiger charge is 2.00. The zero-order valence-electron chi connectivity index (χ0n) is 7.47. The first kappa shape index (κ1) is 10.3. The zero-order valence-corrected chi connectivity index (χ0v) is 7.47. The number of aliphatic hydroxyl groups is 1. The molecular weight excluding hydrogens is 182 g/mol. The average molecular weight is 193 g/mol. The summed E-state index contributed by atoms with van der Waals surface area (Å²) < 4.78 is 0. The number of carbonyl (C=O) groups excluding carboxylic acids is 1. The molecule has 0 amide bonds. The number of aldehydes is 1. The summed E-state index contributed by atoms with van der Waals surface area (Å²) in [6.45, 7) is -0.354. The Morgan fingerprint density at radius 1 is 1.50 bits per heavy atom. The second kappa shape index (κ2) is 4.43. The van der Waals surface area contributed by atoms with E-state index in [1.54, 1.807) is 12.1 Å². The van der Waals surface area contributed by atoms with Gasteiger partial charge < -0.3 is 15.9 Å². The lowest BCUT2D eigenvalue weighted by Crippen LogP contribution is -1.91. The molecule has 1 rings (SSSR count). The van der Waals surface area contributed by atoms with E-state index in [9.17, 15) is 9.90 Å². The number of aromatic hydroxyl groups is 1. The van der Waals surface area contributed by atoms with E-state index in [4.69, 9.17) is 10.8 Å². The maximum absolute atomic E-state index is 10.4. The molecule has 0 heterocycles. The van der Waals surface area contributed by atoms with Gasteiger partial charge in [-0.2, -0.15) is 0 Å². The molecule has 0 aliphatic heterocycles. The predicted molar refractivity (Wildman–Crippen MR) is 53.6 cm³/mol. The van der Waals surface area contributed by atoms with Gasteiger partial charge in [-0.15, -0.1) is 0 Å². The van der Waals surface area contributed by atoms with Gasteiger partial charge in [0, 0.05) is 22.9 Å². The van der Waals surface area contributed by atoms with Gasteiger partial charge in [0.2, 0.25) is 0 Å². The Morgan fingerprint density at radius 3 is 2.71 bits per heavy atom. The molecule has 4 nitrogen and oxygen atoms in total. The number of aliphatic hydroxyl groups excluding tert-OH is 1. The number of phenols is 1. The number of nitrogens with two attached hydrogens (primary N) is 1. The van der Waals surface area contributed by atoms with Gasteiger partial charge in [-0.25, -0.2) is 0 Å². The third-order valence-electron chi connectivity index (χ3n) is 1.73. The van der Waals surface area contributed by atoms with Crippen LogP contribution in [0, 0.1) is 0 Å². The lowest BCUT2D eigenvalue weighted by molar-refractivity contribution is -0.105. The molecule has 0 saturated carbocycles. The molecule has 1 aromatic rings. The maximum Gasteiger partial charge on any atom is 0.148 e. The monoisotopic (exact) mass is 193 g/mol. The van der Waals surface area contributed by atoms with Crippen molar-refractivity contribution in [2.24, 2.45) is 0 Å². The van der Waals surface area contributed by atoms with Crippen molar-refractivity contribution < 1.29 is 15.0 Å². The van der Waals surface area contributed by atoms with Gasteiger partial charge in [0.25, 0.3) is 0 Å². The van der Waals surface area contributed by atoms with E-state index in [0.29, 0.717) is 17.5 Å². The minimum Gasteiger partial charge on any atom is -0.507 e. The summed E-state index contributed by atoms with van der Waals surface area (Å²) in [6.07, 6.45) is 1.94. The summed E-state index contributed by atoms with van der Waals surface area (Å²) >= 11 is 0. The summed E-state index contributed by atoms with van der Waals surface area (Å²) in [5.74, 6) is -0.0159. The van der Waals surface area contributed by atoms with Crippen molar-refractivity contribution in [2.75, 3.05) is 12.3 Å². The highest BCUT2D eigenvalue weighted by Crippen LogP contribution is 2.22. The fourth-order valence-corrected chi connectivity index (χ4v) is 0.999. The van der Waals surface area contributed by atoms with Crippen molar-refractivity contribution in [3.8, 4) is 5.75 Å². The third-order valence-corrected chi connectivity index (χ3v) is 1.73. The molecule has 4 N–H and O–H groups in total. The first-order valence-corrected chi connectivity index (χ1v) is 4.02. The molecule has 4 heteroatoms. The van der Waals surface area contributed by atoms with Gasteiger partial charge in [0.15, 0.2) is 0 Å². The van der Waals surface area contributed by atoms with E-state index in [0.717, 1.165) is 0 Å². The zero-order chi connectivity index (χ0) is 10.6. The maximum atomic E-state index is 10.4. The quantitative estimate of drug-likeness (QED) is 0.372. The molecule has 74 valence electrons. The number of rotatable bonds is 3. The van der Waals surface area contributed by atoms with E-state index in [2.05, 4.69) is 0 Å². The molecule has 0 saturated heterocycles. The molecule has 0 unspecified atom stereocenters. The summed E-state index contributed by atoms with van der Waals surface area (Å²) in [5.41, 5.74) is 6.52. The van der Waals surface area contributed by atoms with Crippen LogP contribution in [0.2, 0.25) is 0 Å². The Hall–Kier alpha value is -1.81. The number of nitrogen functional groups attached to an aromatic ring is 1. The van der Waals surface area contributed by atoms with Crippen LogP contribution in [0.4, 0.5) is 5.69 Å². The molecule has 0 fully saturated rings. The minimum absolute atomic E-state index is 0.0159. The van der Waals surface area contributed by atoms with Crippen LogP contribution in [0.25, 0.3) is 6.08 Å².